The van der Waals surface area contributed by atoms with Crippen molar-refractivity contribution in [2.75, 3.05) is 18.8 Å². The largest absolute Gasteiger partial charge is 0.398 e. The highest BCUT2D eigenvalue weighted by Gasteiger charge is 2.20. The van der Waals surface area contributed by atoms with Crippen molar-refractivity contribution in [3.05, 3.63) is 27.7 Å². The number of carbonyl (C=O) groups excluding carboxylic acids is 1. The normalized spacial score (nSPS) is 16.4. The summed E-state index contributed by atoms with van der Waals surface area (Å²) in [5.74, 6) is 0.113. The molecule has 2 rings (SSSR count). The number of hydrogen-bond donors (Lipinski definition) is 1. The molecule has 0 bridgehead atoms. The third kappa shape index (κ3) is 2.86. The third-order valence-corrected chi connectivity index (χ3v) is 3.99. The first kappa shape index (κ1) is 13.4. The van der Waals surface area contributed by atoms with Crippen LogP contribution in [0.3, 0.4) is 0 Å². The van der Waals surface area contributed by atoms with E-state index >= 15 is 0 Å². The molecule has 0 atom stereocenters. The molecule has 4 heteroatoms. The van der Waals surface area contributed by atoms with E-state index in [0.717, 1.165) is 41.5 Å². The van der Waals surface area contributed by atoms with Crippen molar-refractivity contribution in [2.45, 2.75) is 32.6 Å². The molecule has 0 unspecified atom stereocenters. The Morgan fingerprint density at radius 3 is 2.44 bits per heavy atom. The number of nitrogen functional groups attached to an aromatic ring is 1. The molecular weight excluding hydrogens is 292 g/mol. The van der Waals surface area contributed by atoms with Crippen molar-refractivity contribution in [2.24, 2.45) is 0 Å². The van der Waals surface area contributed by atoms with Gasteiger partial charge >= 0.3 is 0 Å². The Balaban J connectivity index is 2.27. The zero-order chi connectivity index (χ0) is 13.1. The smallest absolute Gasteiger partial charge is 0.254 e. The molecule has 3 nitrogen and oxygen atoms in total. The van der Waals surface area contributed by atoms with Gasteiger partial charge in [0, 0.05) is 28.8 Å². The molecular formula is C14H19BrN2O. The second-order valence-electron chi connectivity index (χ2n) is 4.87. The number of nitrogens with zero attached hydrogens (tertiary/aromatic N) is 1. The SMILES string of the molecule is Cc1c(N)cc(Br)cc1C(=O)N1CCCCCC1. The van der Waals surface area contributed by atoms with Crippen molar-refractivity contribution < 1.29 is 4.79 Å². The Morgan fingerprint density at radius 2 is 1.83 bits per heavy atom. The number of halogens is 1. The maximum atomic E-state index is 12.5. The predicted molar refractivity (Wildman–Crippen MR) is 77.7 cm³/mol. The number of nitrogens with two attached hydrogens (primary N) is 1. The standard InChI is InChI=1S/C14H19BrN2O/c1-10-12(8-11(15)9-13(10)16)14(18)17-6-4-2-3-5-7-17/h8-9H,2-7,16H2,1H3. The second kappa shape index (κ2) is 5.74. The Labute approximate surface area is 116 Å². The predicted octanol–water partition coefficient (Wildman–Crippen LogP) is 3.36. The first-order valence-corrected chi connectivity index (χ1v) is 7.24. The van der Waals surface area contributed by atoms with Crippen LogP contribution >= 0.6 is 15.9 Å². The van der Waals surface area contributed by atoms with Crippen molar-refractivity contribution >= 4 is 27.5 Å². The van der Waals surface area contributed by atoms with Crippen molar-refractivity contribution in [1.82, 2.24) is 4.90 Å². The summed E-state index contributed by atoms with van der Waals surface area (Å²) < 4.78 is 0.865. The summed E-state index contributed by atoms with van der Waals surface area (Å²) in [6.07, 6.45) is 4.66. The number of hydrogen-bond acceptors (Lipinski definition) is 2. The Hall–Kier alpha value is -1.03. The minimum Gasteiger partial charge on any atom is -0.398 e. The first-order valence-electron chi connectivity index (χ1n) is 6.44. The number of rotatable bonds is 1. The minimum absolute atomic E-state index is 0.113. The van der Waals surface area contributed by atoms with Crippen LogP contribution in [0.15, 0.2) is 16.6 Å². The summed E-state index contributed by atoms with van der Waals surface area (Å²) in [5, 5.41) is 0. The fourth-order valence-corrected chi connectivity index (χ4v) is 2.84. The number of benzene rings is 1. The zero-order valence-electron chi connectivity index (χ0n) is 10.7. The molecule has 1 aliphatic rings. The van der Waals surface area contributed by atoms with Crippen LogP contribution in [0.5, 0.6) is 0 Å². The molecule has 1 aliphatic heterocycles. The van der Waals surface area contributed by atoms with Crippen LogP contribution in [0, 0.1) is 6.92 Å². The molecule has 18 heavy (non-hydrogen) atoms. The highest BCUT2D eigenvalue weighted by molar-refractivity contribution is 9.10. The van der Waals surface area contributed by atoms with Gasteiger partial charge < -0.3 is 10.6 Å². The summed E-state index contributed by atoms with van der Waals surface area (Å²) in [6.45, 7) is 3.64. The summed E-state index contributed by atoms with van der Waals surface area (Å²) in [6, 6.07) is 3.72. The van der Waals surface area contributed by atoms with Crippen molar-refractivity contribution in [1.29, 1.82) is 0 Å². The van der Waals surface area contributed by atoms with E-state index in [9.17, 15) is 4.79 Å². The topological polar surface area (TPSA) is 46.3 Å². The van der Waals surface area contributed by atoms with Crippen LogP contribution in [0.1, 0.15) is 41.6 Å². The van der Waals surface area contributed by atoms with Gasteiger partial charge in [-0.3, -0.25) is 4.79 Å². The molecule has 0 spiro atoms. The van der Waals surface area contributed by atoms with Gasteiger partial charge in [0.2, 0.25) is 0 Å². The van der Waals surface area contributed by atoms with E-state index in [0.29, 0.717) is 5.69 Å². The summed E-state index contributed by atoms with van der Waals surface area (Å²) >= 11 is 3.40. The maximum absolute atomic E-state index is 12.5. The molecule has 1 aromatic carbocycles. The van der Waals surface area contributed by atoms with Gasteiger partial charge in [-0.05, 0) is 37.5 Å². The van der Waals surface area contributed by atoms with Gasteiger partial charge in [0.05, 0.1) is 0 Å². The van der Waals surface area contributed by atoms with E-state index in [-0.39, 0.29) is 5.91 Å². The van der Waals surface area contributed by atoms with Gasteiger partial charge in [-0.1, -0.05) is 28.8 Å². The fourth-order valence-electron chi connectivity index (χ4n) is 2.37. The van der Waals surface area contributed by atoms with Crippen LogP contribution in [0.25, 0.3) is 0 Å². The molecule has 0 saturated carbocycles. The van der Waals surface area contributed by atoms with Crippen LogP contribution in [0.4, 0.5) is 5.69 Å². The van der Waals surface area contributed by atoms with Gasteiger partial charge in [-0.15, -0.1) is 0 Å². The summed E-state index contributed by atoms with van der Waals surface area (Å²) in [4.78, 5) is 14.5. The monoisotopic (exact) mass is 310 g/mol. The van der Waals surface area contributed by atoms with Crippen LogP contribution in [-0.2, 0) is 0 Å². The Morgan fingerprint density at radius 1 is 1.22 bits per heavy atom. The average Bonchev–Trinajstić information content (AvgIpc) is 2.61. The fraction of sp³-hybridized carbons (Fsp3) is 0.500. The third-order valence-electron chi connectivity index (χ3n) is 3.54. The van der Waals surface area contributed by atoms with Gasteiger partial charge in [0.15, 0.2) is 0 Å². The average molecular weight is 311 g/mol. The molecule has 98 valence electrons. The van der Waals surface area contributed by atoms with Crippen LogP contribution in [-0.4, -0.2) is 23.9 Å². The number of anilines is 1. The van der Waals surface area contributed by atoms with Gasteiger partial charge in [-0.2, -0.15) is 0 Å². The lowest BCUT2D eigenvalue weighted by atomic mass is 10.1. The molecule has 0 radical (unpaired) electrons. The maximum Gasteiger partial charge on any atom is 0.254 e. The Bertz CT molecular complexity index is 451. The van der Waals surface area contributed by atoms with Crippen molar-refractivity contribution in [3.8, 4) is 0 Å². The van der Waals surface area contributed by atoms with Gasteiger partial charge in [-0.25, -0.2) is 0 Å². The summed E-state index contributed by atoms with van der Waals surface area (Å²) in [5.41, 5.74) is 8.20. The molecule has 0 aliphatic carbocycles. The molecule has 1 fully saturated rings. The van der Waals surface area contributed by atoms with Gasteiger partial charge in [0.25, 0.3) is 5.91 Å². The van der Waals surface area contributed by atoms with Crippen LogP contribution < -0.4 is 5.73 Å². The van der Waals surface area contributed by atoms with E-state index in [1.54, 1.807) is 0 Å². The molecule has 2 N–H and O–H groups in total. The zero-order valence-corrected chi connectivity index (χ0v) is 12.3. The first-order chi connectivity index (χ1) is 8.59. The minimum atomic E-state index is 0.113. The lowest BCUT2D eigenvalue weighted by molar-refractivity contribution is 0.0761. The molecule has 1 aromatic rings. The van der Waals surface area contributed by atoms with E-state index in [2.05, 4.69) is 15.9 Å². The van der Waals surface area contributed by atoms with E-state index in [1.807, 2.05) is 24.0 Å². The lowest BCUT2D eigenvalue weighted by Gasteiger charge is -2.22. The molecule has 1 saturated heterocycles. The highest BCUT2D eigenvalue weighted by atomic mass is 79.9. The number of carbonyl (C=O) groups is 1. The molecule has 1 amide bonds. The number of amides is 1. The molecule has 1 heterocycles. The second-order valence-corrected chi connectivity index (χ2v) is 5.79. The van der Waals surface area contributed by atoms with E-state index < -0.39 is 0 Å². The Kier molecular flexibility index (Phi) is 4.27. The number of likely N-dealkylation sites (tertiary alicyclic amines) is 1. The quantitative estimate of drug-likeness (QED) is 0.808. The van der Waals surface area contributed by atoms with E-state index in [1.165, 1.54) is 12.8 Å². The highest BCUT2D eigenvalue weighted by Crippen LogP contribution is 2.24. The van der Waals surface area contributed by atoms with Crippen LogP contribution in [0.2, 0.25) is 0 Å². The lowest BCUT2D eigenvalue weighted by Crippen LogP contribution is -2.32. The van der Waals surface area contributed by atoms with E-state index in [4.69, 9.17) is 5.73 Å². The molecule has 0 aromatic heterocycles. The summed E-state index contributed by atoms with van der Waals surface area (Å²) in [7, 11) is 0. The van der Waals surface area contributed by atoms with Crippen molar-refractivity contribution in [3.63, 3.8) is 0 Å². The van der Waals surface area contributed by atoms with Gasteiger partial charge in [0.1, 0.15) is 0 Å².